The van der Waals surface area contributed by atoms with Crippen LogP contribution in [0.2, 0.25) is 5.02 Å². The van der Waals surface area contributed by atoms with Gasteiger partial charge in [-0.2, -0.15) is 4.31 Å². The Morgan fingerprint density at radius 1 is 1.29 bits per heavy atom. The zero-order valence-electron chi connectivity index (χ0n) is 12.4. The van der Waals surface area contributed by atoms with Crippen molar-refractivity contribution in [3.63, 3.8) is 0 Å². The van der Waals surface area contributed by atoms with Crippen molar-refractivity contribution >= 4 is 27.3 Å². The van der Waals surface area contributed by atoms with Gasteiger partial charge in [0.15, 0.2) is 5.82 Å². The molecule has 0 aliphatic rings. The fourth-order valence-corrected chi connectivity index (χ4v) is 3.81. The van der Waals surface area contributed by atoms with Crippen LogP contribution in [0.5, 0.6) is 0 Å². The van der Waals surface area contributed by atoms with Gasteiger partial charge in [-0.3, -0.25) is 0 Å². The van der Waals surface area contributed by atoms with E-state index in [1.807, 2.05) is 19.0 Å². The quantitative estimate of drug-likeness (QED) is 0.773. The van der Waals surface area contributed by atoms with Crippen molar-refractivity contribution in [2.24, 2.45) is 0 Å². The number of nitrogens with zero attached hydrogens (tertiary/aromatic N) is 2. The van der Waals surface area contributed by atoms with Gasteiger partial charge in [-0.05, 0) is 39.2 Å². The highest BCUT2D eigenvalue weighted by Gasteiger charge is 2.27. The van der Waals surface area contributed by atoms with E-state index in [0.717, 1.165) is 12.6 Å². The number of halogens is 2. The Hall–Kier alpha value is -0.890. The van der Waals surface area contributed by atoms with Crippen LogP contribution in [0.15, 0.2) is 17.0 Å². The maximum absolute atomic E-state index is 14.0. The maximum atomic E-state index is 14.0. The van der Waals surface area contributed by atoms with Gasteiger partial charge in [0.1, 0.15) is 4.90 Å². The molecule has 0 unspecified atom stereocenters. The fourth-order valence-electron chi connectivity index (χ4n) is 1.92. The SMILES string of the molecule is CCN(CCCN(C)C)S(=O)(=O)c1cc(N)cc(Cl)c1F. The zero-order chi connectivity index (χ0) is 16.2. The number of hydrogen-bond acceptors (Lipinski definition) is 4. The molecule has 1 aromatic rings. The summed E-state index contributed by atoms with van der Waals surface area (Å²) in [6.07, 6.45) is 0.651. The van der Waals surface area contributed by atoms with Gasteiger partial charge < -0.3 is 10.6 Å². The molecular formula is C13H21ClFN3O2S. The largest absolute Gasteiger partial charge is 0.399 e. The number of sulfonamides is 1. The summed E-state index contributed by atoms with van der Waals surface area (Å²) in [4.78, 5) is 1.48. The summed E-state index contributed by atoms with van der Waals surface area (Å²) < 4.78 is 40.3. The lowest BCUT2D eigenvalue weighted by Crippen LogP contribution is -2.34. The van der Waals surface area contributed by atoms with Crippen LogP contribution in [0.25, 0.3) is 0 Å². The summed E-state index contributed by atoms with van der Waals surface area (Å²) in [5, 5.41) is -0.294. The lowest BCUT2D eigenvalue weighted by atomic mass is 10.3. The Balaban J connectivity index is 3.08. The van der Waals surface area contributed by atoms with E-state index in [4.69, 9.17) is 17.3 Å². The van der Waals surface area contributed by atoms with E-state index in [1.165, 1.54) is 10.4 Å². The second-order valence-corrected chi connectivity index (χ2v) is 7.28. The monoisotopic (exact) mass is 337 g/mol. The Morgan fingerprint density at radius 3 is 2.43 bits per heavy atom. The molecule has 0 spiro atoms. The van der Waals surface area contributed by atoms with Crippen LogP contribution in [0, 0.1) is 5.82 Å². The predicted octanol–water partition coefficient (Wildman–Crippen LogP) is 2.02. The minimum Gasteiger partial charge on any atom is -0.399 e. The molecule has 0 amide bonds. The topological polar surface area (TPSA) is 66.6 Å². The maximum Gasteiger partial charge on any atom is 0.246 e. The molecule has 0 heterocycles. The van der Waals surface area contributed by atoms with Gasteiger partial charge in [0.2, 0.25) is 10.0 Å². The fraction of sp³-hybridized carbons (Fsp3) is 0.538. The molecule has 8 heteroatoms. The molecule has 0 aliphatic carbocycles. The van der Waals surface area contributed by atoms with Crippen LogP contribution in [0.3, 0.4) is 0 Å². The van der Waals surface area contributed by atoms with Crippen LogP contribution in [-0.2, 0) is 10.0 Å². The van der Waals surface area contributed by atoms with Gasteiger partial charge in [0, 0.05) is 18.8 Å². The van der Waals surface area contributed by atoms with Crippen molar-refractivity contribution in [2.45, 2.75) is 18.2 Å². The number of anilines is 1. The molecule has 0 atom stereocenters. The van der Waals surface area contributed by atoms with E-state index in [-0.39, 0.29) is 17.3 Å². The van der Waals surface area contributed by atoms with E-state index < -0.39 is 20.7 Å². The highest BCUT2D eigenvalue weighted by atomic mass is 35.5. The van der Waals surface area contributed by atoms with Crippen molar-refractivity contribution in [2.75, 3.05) is 39.5 Å². The van der Waals surface area contributed by atoms with Gasteiger partial charge in [-0.15, -0.1) is 0 Å². The van der Waals surface area contributed by atoms with E-state index in [2.05, 4.69) is 0 Å². The first kappa shape index (κ1) is 18.2. The van der Waals surface area contributed by atoms with Crippen LogP contribution in [0.4, 0.5) is 10.1 Å². The summed E-state index contributed by atoms with van der Waals surface area (Å²) in [5.74, 6) is -0.961. The van der Waals surface area contributed by atoms with Crippen LogP contribution in [-0.4, -0.2) is 51.4 Å². The molecule has 0 saturated heterocycles. The zero-order valence-corrected chi connectivity index (χ0v) is 14.0. The summed E-state index contributed by atoms with van der Waals surface area (Å²) in [6.45, 7) is 3.01. The third-order valence-electron chi connectivity index (χ3n) is 3.00. The predicted molar refractivity (Wildman–Crippen MR) is 83.4 cm³/mol. The number of hydrogen-bond donors (Lipinski definition) is 1. The van der Waals surface area contributed by atoms with Crippen molar-refractivity contribution < 1.29 is 12.8 Å². The molecule has 0 aliphatic heterocycles. The third-order valence-corrected chi connectivity index (χ3v) is 5.25. The van der Waals surface area contributed by atoms with Crippen LogP contribution < -0.4 is 5.73 Å². The van der Waals surface area contributed by atoms with E-state index in [1.54, 1.807) is 6.92 Å². The Morgan fingerprint density at radius 2 is 1.90 bits per heavy atom. The Labute approximate surface area is 130 Å². The van der Waals surface area contributed by atoms with Crippen LogP contribution in [0.1, 0.15) is 13.3 Å². The molecule has 1 aromatic carbocycles. The van der Waals surface area contributed by atoms with E-state index >= 15 is 0 Å². The number of benzene rings is 1. The minimum atomic E-state index is -3.95. The second-order valence-electron chi connectivity index (χ2n) is 4.97. The van der Waals surface area contributed by atoms with E-state index in [9.17, 15) is 12.8 Å². The first-order valence-electron chi connectivity index (χ1n) is 6.59. The molecule has 1 rings (SSSR count). The Kier molecular flexibility index (Phi) is 6.40. The van der Waals surface area contributed by atoms with Crippen LogP contribution >= 0.6 is 11.6 Å². The Bertz CT molecular complexity index is 593. The van der Waals surface area contributed by atoms with Gasteiger partial charge in [-0.1, -0.05) is 18.5 Å². The number of rotatable bonds is 7. The van der Waals surface area contributed by atoms with Gasteiger partial charge >= 0.3 is 0 Å². The molecule has 120 valence electrons. The summed E-state index contributed by atoms with van der Waals surface area (Å²) in [7, 11) is -0.140. The second kappa shape index (κ2) is 7.40. The molecular weight excluding hydrogens is 317 g/mol. The van der Waals surface area contributed by atoms with Gasteiger partial charge in [-0.25, -0.2) is 12.8 Å². The average molecular weight is 338 g/mol. The minimum absolute atomic E-state index is 0.115. The molecule has 21 heavy (non-hydrogen) atoms. The normalized spacial score (nSPS) is 12.3. The molecule has 5 nitrogen and oxygen atoms in total. The molecule has 0 fully saturated rings. The highest BCUT2D eigenvalue weighted by Crippen LogP contribution is 2.28. The summed E-state index contributed by atoms with van der Waals surface area (Å²) in [6, 6.07) is 2.30. The average Bonchev–Trinajstić information content (AvgIpc) is 2.38. The summed E-state index contributed by atoms with van der Waals surface area (Å²) >= 11 is 5.67. The highest BCUT2D eigenvalue weighted by molar-refractivity contribution is 7.89. The summed E-state index contributed by atoms with van der Waals surface area (Å²) in [5.41, 5.74) is 5.68. The molecule has 0 bridgehead atoms. The van der Waals surface area contributed by atoms with Crippen molar-refractivity contribution in [1.29, 1.82) is 0 Å². The van der Waals surface area contributed by atoms with Crippen molar-refractivity contribution in [1.82, 2.24) is 9.21 Å². The smallest absolute Gasteiger partial charge is 0.246 e. The molecule has 0 radical (unpaired) electrons. The van der Waals surface area contributed by atoms with Gasteiger partial charge in [0.25, 0.3) is 0 Å². The molecule has 0 aromatic heterocycles. The van der Waals surface area contributed by atoms with Crippen molar-refractivity contribution in [3.8, 4) is 0 Å². The standard InChI is InChI=1S/C13H21ClFN3O2S/c1-4-18(7-5-6-17(2)3)21(19,20)12-9-10(16)8-11(14)13(12)15/h8-9H,4-7,16H2,1-3H3. The number of nitrogen functional groups attached to an aromatic ring is 1. The first-order valence-corrected chi connectivity index (χ1v) is 8.41. The number of nitrogens with two attached hydrogens (primary N) is 1. The molecule has 2 N–H and O–H groups in total. The van der Waals surface area contributed by atoms with Gasteiger partial charge in [0.05, 0.1) is 5.02 Å². The third kappa shape index (κ3) is 4.54. The lowest BCUT2D eigenvalue weighted by Gasteiger charge is -2.22. The lowest BCUT2D eigenvalue weighted by molar-refractivity contribution is 0.355. The molecule has 0 saturated carbocycles. The van der Waals surface area contributed by atoms with E-state index in [0.29, 0.717) is 13.0 Å². The first-order chi connectivity index (χ1) is 9.70. The van der Waals surface area contributed by atoms with Crippen molar-refractivity contribution in [3.05, 3.63) is 23.0 Å².